The van der Waals surface area contributed by atoms with Crippen molar-refractivity contribution in [2.45, 2.75) is 6.92 Å². The Morgan fingerprint density at radius 1 is 1.42 bits per heavy atom. The van der Waals surface area contributed by atoms with Crippen LogP contribution in [0.15, 0.2) is 12.1 Å². The summed E-state index contributed by atoms with van der Waals surface area (Å²) >= 11 is 0. The maximum Gasteiger partial charge on any atom is 0.306 e. The summed E-state index contributed by atoms with van der Waals surface area (Å²) in [5, 5.41) is 19.2. The molecule has 0 bridgehead atoms. The van der Waals surface area contributed by atoms with Gasteiger partial charge in [-0.25, -0.2) is 0 Å². The van der Waals surface area contributed by atoms with Crippen LogP contribution in [0.1, 0.15) is 17.4 Å². The summed E-state index contributed by atoms with van der Waals surface area (Å²) in [6.45, 7) is 3.02. The standard InChI is InChI=1S/C12H16N4O3/c1-7(12(18)19)8-5-16(6-8)10-4-3-9(14-15-10)11(17)13-2/h3-4,7-8H,5-6H2,1-2H3,(H,13,17)(H,18,19). The third-order valence-electron chi connectivity index (χ3n) is 3.44. The van der Waals surface area contributed by atoms with Crippen LogP contribution in [0, 0.1) is 11.8 Å². The molecule has 0 saturated carbocycles. The molecule has 2 heterocycles. The molecule has 1 aromatic heterocycles. The van der Waals surface area contributed by atoms with Crippen LogP contribution in [0.3, 0.4) is 0 Å². The minimum atomic E-state index is -0.773. The fraction of sp³-hybridized carbons (Fsp3) is 0.500. The zero-order valence-electron chi connectivity index (χ0n) is 10.8. The van der Waals surface area contributed by atoms with Gasteiger partial charge in [-0.15, -0.1) is 10.2 Å². The Kier molecular flexibility index (Phi) is 3.64. The van der Waals surface area contributed by atoms with E-state index in [2.05, 4.69) is 15.5 Å². The molecule has 2 N–H and O–H groups in total. The highest BCUT2D eigenvalue weighted by molar-refractivity contribution is 5.91. The largest absolute Gasteiger partial charge is 0.481 e. The molecule has 1 amide bonds. The van der Waals surface area contributed by atoms with E-state index in [4.69, 9.17) is 5.11 Å². The van der Waals surface area contributed by atoms with Gasteiger partial charge in [-0.3, -0.25) is 9.59 Å². The van der Waals surface area contributed by atoms with Gasteiger partial charge in [-0.2, -0.15) is 0 Å². The molecule has 0 radical (unpaired) electrons. The highest BCUT2D eigenvalue weighted by atomic mass is 16.4. The highest BCUT2D eigenvalue weighted by Crippen LogP contribution is 2.27. The summed E-state index contributed by atoms with van der Waals surface area (Å²) in [5.41, 5.74) is 0.266. The molecule has 0 spiro atoms. The molecule has 1 saturated heterocycles. The molecule has 19 heavy (non-hydrogen) atoms. The van der Waals surface area contributed by atoms with Gasteiger partial charge in [0.1, 0.15) is 0 Å². The predicted molar refractivity (Wildman–Crippen MR) is 67.9 cm³/mol. The number of aromatic nitrogens is 2. The fourth-order valence-electron chi connectivity index (χ4n) is 1.96. The summed E-state index contributed by atoms with van der Waals surface area (Å²) in [7, 11) is 1.53. The minimum absolute atomic E-state index is 0.137. The number of carbonyl (C=O) groups excluding carboxylic acids is 1. The second-order valence-electron chi connectivity index (χ2n) is 4.65. The first-order chi connectivity index (χ1) is 9.02. The number of anilines is 1. The second kappa shape index (κ2) is 5.21. The van der Waals surface area contributed by atoms with E-state index in [-0.39, 0.29) is 23.4 Å². The Hall–Kier alpha value is -2.18. The molecule has 0 aliphatic carbocycles. The first-order valence-electron chi connectivity index (χ1n) is 6.06. The number of carboxylic acids is 1. The smallest absolute Gasteiger partial charge is 0.306 e. The topological polar surface area (TPSA) is 95.4 Å². The number of carbonyl (C=O) groups is 2. The molecule has 2 rings (SSSR count). The number of hydrogen-bond acceptors (Lipinski definition) is 5. The number of amides is 1. The van der Waals surface area contributed by atoms with Crippen molar-refractivity contribution in [2.24, 2.45) is 11.8 Å². The van der Waals surface area contributed by atoms with E-state index in [1.165, 1.54) is 7.05 Å². The zero-order chi connectivity index (χ0) is 14.0. The Balaban J connectivity index is 1.95. The third-order valence-corrected chi connectivity index (χ3v) is 3.44. The molecular weight excluding hydrogens is 248 g/mol. The van der Waals surface area contributed by atoms with E-state index in [0.717, 1.165) is 0 Å². The van der Waals surface area contributed by atoms with E-state index >= 15 is 0 Å². The van der Waals surface area contributed by atoms with Gasteiger partial charge in [0.15, 0.2) is 11.5 Å². The monoisotopic (exact) mass is 264 g/mol. The van der Waals surface area contributed by atoms with Gasteiger partial charge in [0, 0.05) is 26.1 Å². The quantitative estimate of drug-likeness (QED) is 0.794. The van der Waals surface area contributed by atoms with Crippen LogP contribution in [0.2, 0.25) is 0 Å². The van der Waals surface area contributed by atoms with Gasteiger partial charge in [0.25, 0.3) is 5.91 Å². The second-order valence-corrected chi connectivity index (χ2v) is 4.65. The molecule has 102 valence electrons. The van der Waals surface area contributed by atoms with Crippen molar-refractivity contribution in [2.75, 3.05) is 25.0 Å². The third kappa shape index (κ3) is 2.64. The van der Waals surface area contributed by atoms with Crippen LogP contribution in [-0.2, 0) is 4.79 Å². The molecule has 1 aromatic rings. The average Bonchev–Trinajstić information content (AvgIpc) is 2.36. The first kappa shape index (κ1) is 13.3. The SMILES string of the molecule is CNC(=O)c1ccc(N2CC(C(C)C(=O)O)C2)nn1. The molecule has 7 heteroatoms. The van der Waals surface area contributed by atoms with Crippen LogP contribution in [-0.4, -0.2) is 47.3 Å². The van der Waals surface area contributed by atoms with Gasteiger partial charge in [0.2, 0.25) is 0 Å². The van der Waals surface area contributed by atoms with Crippen molar-refractivity contribution in [1.29, 1.82) is 0 Å². The lowest BCUT2D eigenvalue weighted by molar-refractivity contribution is -0.143. The van der Waals surface area contributed by atoms with Gasteiger partial charge in [0.05, 0.1) is 5.92 Å². The highest BCUT2D eigenvalue weighted by Gasteiger charge is 2.35. The molecule has 1 atom stereocenters. The maximum absolute atomic E-state index is 11.3. The maximum atomic E-state index is 11.3. The van der Waals surface area contributed by atoms with Gasteiger partial charge < -0.3 is 15.3 Å². The summed E-state index contributed by atoms with van der Waals surface area (Å²) in [4.78, 5) is 24.1. The Labute approximate surface area is 110 Å². The minimum Gasteiger partial charge on any atom is -0.481 e. The number of hydrogen-bond donors (Lipinski definition) is 2. The number of nitrogens with zero attached hydrogens (tertiary/aromatic N) is 3. The van der Waals surface area contributed by atoms with Crippen molar-refractivity contribution < 1.29 is 14.7 Å². The van der Waals surface area contributed by atoms with E-state index in [1.54, 1.807) is 19.1 Å². The normalized spacial score (nSPS) is 16.6. The van der Waals surface area contributed by atoms with E-state index < -0.39 is 5.97 Å². The summed E-state index contributed by atoms with van der Waals surface area (Å²) in [6, 6.07) is 3.33. The lowest BCUT2D eigenvalue weighted by atomic mass is 9.87. The van der Waals surface area contributed by atoms with Gasteiger partial charge in [-0.1, -0.05) is 6.92 Å². The number of nitrogens with one attached hydrogen (secondary N) is 1. The van der Waals surface area contributed by atoms with Crippen LogP contribution in [0.5, 0.6) is 0 Å². The Bertz CT molecular complexity index is 482. The van der Waals surface area contributed by atoms with Crippen LogP contribution in [0.4, 0.5) is 5.82 Å². The van der Waals surface area contributed by atoms with Crippen molar-refractivity contribution in [3.05, 3.63) is 17.8 Å². The summed E-state index contributed by atoms with van der Waals surface area (Å²) in [6.07, 6.45) is 0. The number of carboxylic acid groups (broad SMARTS) is 1. The lowest BCUT2D eigenvalue weighted by Crippen LogP contribution is -2.51. The van der Waals surface area contributed by atoms with Crippen molar-refractivity contribution in [3.8, 4) is 0 Å². The first-order valence-corrected chi connectivity index (χ1v) is 6.06. The summed E-state index contributed by atoms with van der Waals surface area (Å²) in [5.74, 6) is -0.598. The lowest BCUT2D eigenvalue weighted by Gasteiger charge is -2.41. The molecule has 1 fully saturated rings. The van der Waals surface area contributed by atoms with Crippen molar-refractivity contribution in [1.82, 2.24) is 15.5 Å². The van der Waals surface area contributed by atoms with E-state index in [9.17, 15) is 9.59 Å². The molecule has 0 aromatic carbocycles. The van der Waals surface area contributed by atoms with Crippen LogP contribution < -0.4 is 10.2 Å². The molecule has 1 unspecified atom stereocenters. The van der Waals surface area contributed by atoms with Crippen molar-refractivity contribution in [3.63, 3.8) is 0 Å². The molecule has 7 nitrogen and oxygen atoms in total. The van der Waals surface area contributed by atoms with Crippen LogP contribution >= 0.6 is 0 Å². The van der Waals surface area contributed by atoms with Gasteiger partial charge >= 0.3 is 5.97 Å². The molecule has 1 aliphatic rings. The van der Waals surface area contributed by atoms with Crippen LogP contribution in [0.25, 0.3) is 0 Å². The zero-order valence-corrected chi connectivity index (χ0v) is 10.8. The predicted octanol–water partition coefficient (Wildman–Crippen LogP) is -0.00690. The molecule has 1 aliphatic heterocycles. The van der Waals surface area contributed by atoms with E-state index in [1.807, 2.05) is 4.90 Å². The Morgan fingerprint density at radius 3 is 2.58 bits per heavy atom. The molecular formula is C12H16N4O3. The van der Waals surface area contributed by atoms with E-state index in [0.29, 0.717) is 18.9 Å². The fourth-order valence-corrected chi connectivity index (χ4v) is 1.96. The Morgan fingerprint density at radius 2 is 2.11 bits per heavy atom. The van der Waals surface area contributed by atoms with Crippen molar-refractivity contribution >= 4 is 17.7 Å². The number of aliphatic carboxylic acids is 1. The average molecular weight is 264 g/mol. The summed E-state index contributed by atoms with van der Waals surface area (Å²) < 4.78 is 0. The number of rotatable bonds is 4. The van der Waals surface area contributed by atoms with Gasteiger partial charge in [-0.05, 0) is 12.1 Å².